The molecule has 3 rings (SSSR count). The zero-order chi connectivity index (χ0) is 13.2. The minimum absolute atomic E-state index is 0.358. The predicted molar refractivity (Wildman–Crippen MR) is 77.3 cm³/mol. The Morgan fingerprint density at radius 2 is 1.84 bits per heavy atom. The van der Waals surface area contributed by atoms with E-state index in [2.05, 4.69) is 17.1 Å². The molecule has 1 aromatic carbocycles. The highest BCUT2D eigenvalue weighted by molar-refractivity contribution is 5.25. The minimum Gasteiger partial charge on any atom is -0.508 e. The van der Waals surface area contributed by atoms with Gasteiger partial charge in [-0.1, -0.05) is 12.1 Å². The molecule has 0 aromatic heterocycles. The largest absolute Gasteiger partial charge is 0.508 e. The van der Waals surface area contributed by atoms with Crippen molar-refractivity contribution in [3.8, 4) is 5.75 Å². The number of hydrogen-bond acceptors (Lipinski definition) is 3. The van der Waals surface area contributed by atoms with Crippen LogP contribution >= 0.6 is 0 Å². The molecule has 19 heavy (non-hydrogen) atoms. The second-order valence-corrected chi connectivity index (χ2v) is 6.19. The molecule has 2 fully saturated rings. The summed E-state index contributed by atoms with van der Waals surface area (Å²) in [5.41, 5.74) is 1.32. The number of aromatic hydroxyl groups is 1. The van der Waals surface area contributed by atoms with Gasteiger partial charge in [-0.2, -0.15) is 0 Å². The van der Waals surface area contributed by atoms with E-state index < -0.39 is 0 Å². The van der Waals surface area contributed by atoms with Crippen molar-refractivity contribution in [1.82, 2.24) is 10.2 Å². The number of fused-ring (bicyclic) bond motifs is 1. The summed E-state index contributed by atoms with van der Waals surface area (Å²) in [6.07, 6.45) is 2.31. The fraction of sp³-hybridized carbons (Fsp3) is 0.625. The van der Waals surface area contributed by atoms with Gasteiger partial charge in [0.05, 0.1) is 0 Å². The highest BCUT2D eigenvalue weighted by Gasteiger charge is 2.37. The van der Waals surface area contributed by atoms with Gasteiger partial charge in [-0.15, -0.1) is 0 Å². The topological polar surface area (TPSA) is 35.5 Å². The quantitative estimate of drug-likeness (QED) is 0.867. The van der Waals surface area contributed by atoms with Gasteiger partial charge in [0.1, 0.15) is 5.75 Å². The SMILES string of the molecule is CC(CCc1ccc(O)cc1)N1C[C@H]2CNC[C@H]2C1. The summed E-state index contributed by atoms with van der Waals surface area (Å²) >= 11 is 0. The monoisotopic (exact) mass is 260 g/mol. The van der Waals surface area contributed by atoms with Crippen LogP contribution in [0.5, 0.6) is 5.75 Å². The van der Waals surface area contributed by atoms with Crippen LogP contribution < -0.4 is 5.32 Å². The van der Waals surface area contributed by atoms with E-state index in [9.17, 15) is 5.11 Å². The second-order valence-electron chi connectivity index (χ2n) is 6.19. The third-order valence-electron chi connectivity index (χ3n) is 4.83. The normalized spacial score (nSPS) is 28.5. The first kappa shape index (κ1) is 12.9. The number of aryl methyl sites for hydroxylation is 1. The molecule has 0 saturated carbocycles. The van der Waals surface area contributed by atoms with Crippen molar-refractivity contribution >= 4 is 0 Å². The first-order chi connectivity index (χ1) is 9.22. The Labute approximate surface area is 115 Å². The molecule has 0 aliphatic carbocycles. The minimum atomic E-state index is 0.358. The lowest BCUT2D eigenvalue weighted by Crippen LogP contribution is -2.34. The summed E-state index contributed by atoms with van der Waals surface area (Å²) in [7, 11) is 0. The fourth-order valence-electron chi connectivity index (χ4n) is 3.47. The summed E-state index contributed by atoms with van der Waals surface area (Å²) in [5.74, 6) is 2.13. The molecule has 0 amide bonds. The molecule has 2 aliphatic rings. The van der Waals surface area contributed by atoms with Crippen LogP contribution in [0.4, 0.5) is 0 Å². The van der Waals surface area contributed by atoms with Crippen molar-refractivity contribution in [2.24, 2.45) is 11.8 Å². The van der Waals surface area contributed by atoms with E-state index >= 15 is 0 Å². The van der Waals surface area contributed by atoms with Crippen molar-refractivity contribution in [3.63, 3.8) is 0 Å². The summed E-state index contributed by atoms with van der Waals surface area (Å²) in [6.45, 7) is 7.33. The Balaban J connectivity index is 1.49. The van der Waals surface area contributed by atoms with Crippen LogP contribution in [0.2, 0.25) is 0 Å². The van der Waals surface area contributed by atoms with Gasteiger partial charge in [-0.25, -0.2) is 0 Å². The summed E-state index contributed by atoms with van der Waals surface area (Å²) in [5, 5.41) is 12.8. The van der Waals surface area contributed by atoms with Crippen LogP contribution in [0, 0.1) is 11.8 Å². The molecule has 104 valence electrons. The number of rotatable bonds is 4. The first-order valence-electron chi connectivity index (χ1n) is 7.45. The Hall–Kier alpha value is -1.06. The number of benzene rings is 1. The molecule has 2 saturated heterocycles. The van der Waals surface area contributed by atoms with E-state index in [4.69, 9.17) is 0 Å². The standard InChI is InChI=1S/C16H24N2O/c1-12(2-3-13-4-6-16(19)7-5-13)18-10-14-8-17-9-15(14)11-18/h4-7,12,14-15,17,19H,2-3,8-11H2,1H3/t12?,14-,15+. The molecule has 1 aromatic rings. The lowest BCUT2D eigenvalue weighted by atomic mass is 10.0. The molecule has 2 N–H and O–H groups in total. The smallest absolute Gasteiger partial charge is 0.115 e. The van der Waals surface area contributed by atoms with Gasteiger partial charge < -0.3 is 10.4 Å². The van der Waals surface area contributed by atoms with Gasteiger partial charge in [0, 0.05) is 19.1 Å². The van der Waals surface area contributed by atoms with Crippen LogP contribution in [0.25, 0.3) is 0 Å². The van der Waals surface area contributed by atoms with Crippen molar-refractivity contribution in [1.29, 1.82) is 0 Å². The zero-order valence-corrected chi connectivity index (χ0v) is 11.7. The molecule has 2 heterocycles. The van der Waals surface area contributed by atoms with Crippen LogP contribution in [0.15, 0.2) is 24.3 Å². The number of likely N-dealkylation sites (tertiary alicyclic amines) is 1. The van der Waals surface area contributed by atoms with Crippen molar-refractivity contribution in [3.05, 3.63) is 29.8 Å². The average Bonchev–Trinajstić information content (AvgIpc) is 2.98. The highest BCUT2D eigenvalue weighted by atomic mass is 16.3. The summed E-state index contributed by atoms with van der Waals surface area (Å²) in [6, 6.07) is 8.30. The Kier molecular flexibility index (Phi) is 3.76. The molecule has 0 bridgehead atoms. The molecule has 1 unspecified atom stereocenters. The molecular formula is C16H24N2O. The van der Waals surface area contributed by atoms with E-state index in [0.717, 1.165) is 18.3 Å². The first-order valence-corrected chi connectivity index (χ1v) is 7.45. The van der Waals surface area contributed by atoms with E-state index in [1.54, 1.807) is 12.1 Å². The number of phenols is 1. The lowest BCUT2D eigenvalue weighted by molar-refractivity contribution is 0.230. The van der Waals surface area contributed by atoms with E-state index in [-0.39, 0.29) is 0 Å². The zero-order valence-electron chi connectivity index (χ0n) is 11.7. The van der Waals surface area contributed by atoms with Gasteiger partial charge in [-0.3, -0.25) is 4.90 Å². The molecule has 2 aliphatic heterocycles. The van der Waals surface area contributed by atoms with E-state index in [1.807, 2.05) is 12.1 Å². The van der Waals surface area contributed by atoms with Gasteiger partial charge >= 0.3 is 0 Å². The Morgan fingerprint density at radius 1 is 1.21 bits per heavy atom. The summed E-state index contributed by atoms with van der Waals surface area (Å²) in [4.78, 5) is 2.66. The third-order valence-corrected chi connectivity index (χ3v) is 4.83. The second kappa shape index (κ2) is 5.51. The van der Waals surface area contributed by atoms with E-state index in [0.29, 0.717) is 11.8 Å². The van der Waals surface area contributed by atoms with Crippen LogP contribution in [0.3, 0.4) is 0 Å². The fourth-order valence-corrected chi connectivity index (χ4v) is 3.47. The lowest BCUT2D eigenvalue weighted by Gasteiger charge is -2.25. The molecule has 3 nitrogen and oxygen atoms in total. The van der Waals surface area contributed by atoms with Crippen molar-refractivity contribution in [2.75, 3.05) is 26.2 Å². The van der Waals surface area contributed by atoms with E-state index in [1.165, 1.54) is 38.2 Å². The molecular weight excluding hydrogens is 236 g/mol. The maximum absolute atomic E-state index is 9.28. The van der Waals surface area contributed by atoms with Crippen molar-refractivity contribution < 1.29 is 5.11 Å². The number of phenolic OH excluding ortho intramolecular Hbond substituents is 1. The number of nitrogens with zero attached hydrogens (tertiary/aromatic N) is 1. The highest BCUT2D eigenvalue weighted by Crippen LogP contribution is 2.28. The molecule has 3 heteroatoms. The van der Waals surface area contributed by atoms with Crippen LogP contribution in [-0.2, 0) is 6.42 Å². The maximum Gasteiger partial charge on any atom is 0.115 e. The Bertz CT molecular complexity index is 405. The molecule has 0 radical (unpaired) electrons. The van der Waals surface area contributed by atoms with Crippen LogP contribution in [-0.4, -0.2) is 42.2 Å². The Morgan fingerprint density at radius 3 is 2.47 bits per heavy atom. The van der Waals surface area contributed by atoms with Gasteiger partial charge in [0.15, 0.2) is 0 Å². The molecule has 3 atom stereocenters. The summed E-state index contributed by atoms with van der Waals surface area (Å²) < 4.78 is 0. The third kappa shape index (κ3) is 2.93. The number of nitrogens with one attached hydrogen (secondary N) is 1. The van der Waals surface area contributed by atoms with Crippen molar-refractivity contribution in [2.45, 2.75) is 25.8 Å². The molecule has 0 spiro atoms. The van der Waals surface area contributed by atoms with Gasteiger partial charge in [0.2, 0.25) is 0 Å². The predicted octanol–water partition coefficient (Wildman–Crippen LogP) is 1.86. The number of hydrogen-bond donors (Lipinski definition) is 2. The van der Waals surface area contributed by atoms with Gasteiger partial charge in [-0.05, 0) is 62.4 Å². The van der Waals surface area contributed by atoms with Crippen LogP contribution in [0.1, 0.15) is 18.9 Å². The van der Waals surface area contributed by atoms with Gasteiger partial charge in [0.25, 0.3) is 0 Å². The maximum atomic E-state index is 9.28. The average molecular weight is 260 g/mol.